The topological polar surface area (TPSA) is 52.9 Å². The van der Waals surface area contributed by atoms with E-state index in [1.807, 2.05) is 60.7 Å². The quantitative estimate of drug-likeness (QED) is 0.881. The predicted molar refractivity (Wildman–Crippen MR) is 86.3 cm³/mol. The standard InChI is InChI=1S/C18H20N2O2/c21-16-12-7-13-20(19-22)18(16)17(14-8-3-1-4-9-14)15-10-5-2-6-11-15/h1-6,8-11,16-18,21H,7,12-13H2/t16-,18+/m1/s1. The molecule has 1 heterocycles. The summed E-state index contributed by atoms with van der Waals surface area (Å²) < 4.78 is 0. The van der Waals surface area contributed by atoms with Gasteiger partial charge >= 0.3 is 0 Å². The van der Waals surface area contributed by atoms with E-state index in [2.05, 4.69) is 5.29 Å². The molecule has 2 aromatic carbocycles. The maximum atomic E-state index is 11.2. The van der Waals surface area contributed by atoms with Gasteiger partial charge in [0.1, 0.15) is 0 Å². The van der Waals surface area contributed by atoms with Gasteiger partial charge in [-0.25, -0.2) is 0 Å². The van der Waals surface area contributed by atoms with Crippen LogP contribution in [0, 0.1) is 4.91 Å². The minimum absolute atomic E-state index is 0.0737. The van der Waals surface area contributed by atoms with Crippen molar-refractivity contribution in [1.29, 1.82) is 0 Å². The van der Waals surface area contributed by atoms with Crippen molar-refractivity contribution in [2.75, 3.05) is 6.54 Å². The monoisotopic (exact) mass is 296 g/mol. The van der Waals surface area contributed by atoms with Crippen molar-refractivity contribution < 1.29 is 5.11 Å². The number of hydrogen-bond donors (Lipinski definition) is 1. The van der Waals surface area contributed by atoms with E-state index in [0.29, 0.717) is 13.0 Å². The summed E-state index contributed by atoms with van der Waals surface area (Å²) in [6.07, 6.45) is 0.934. The van der Waals surface area contributed by atoms with Crippen molar-refractivity contribution in [3.8, 4) is 0 Å². The van der Waals surface area contributed by atoms with Crippen LogP contribution in [0.25, 0.3) is 0 Å². The lowest BCUT2D eigenvalue weighted by molar-refractivity contribution is 0.00326. The number of aliphatic hydroxyl groups is 1. The summed E-state index contributed by atoms with van der Waals surface area (Å²) in [7, 11) is 0. The summed E-state index contributed by atoms with van der Waals surface area (Å²) in [5.41, 5.74) is 2.18. The van der Waals surface area contributed by atoms with Crippen molar-refractivity contribution in [2.24, 2.45) is 5.29 Å². The minimum atomic E-state index is -0.558. The number of nitroso groups, excluding NO2 is 1. The highest BCUT2D eigenvalue weighted by Crippen LogP contribution is 2.36. The number of nitrogens with zero attached hydrogens (tertiary/aromatic N) is 2. The van der Waals surface area contributed by atoms with Crippen molar-refractivity contribution >= 4 is 0 Å². The molecule has 0 spiro atoms. The van der Waals surface area contributed by atoms with Gasteiger partial charge in [0.2, 0.25) is 0 Å². The molecule has 0 unspecified atom stereocenters. The molecule has 3 rings (SSSR count). The van der Waals surface area contributed by atoms with E-state index < -0.39 is 6.10 Å². The lowest BCUT2D eigenvalue weighted by Gasteiger charge is -2.40. The molecule has 0 saturated carbocycles. The van der Waals surface area contributed by atoms with Crippen LogP contribution in [0.1, 0.15) is 29.9 Å². The SMILES string of the molecule is O=NN1CCC[C@@H](O)[C@H]1C(c1ccccc1)c1ccccc1. The lowest BCUT2D eigenvalue weighted by Crippen LogP contribution is -2.49. The first-order valence-electron chi connectivity index (χ1n) is 7.69. The van der Waals surface area contributed by atoms with Crippen molar-refractivity contribution in [3.63, 3.8) is 0 Å². The molecular formula is C18H20N2O2. The molecule has 0 aromatic heterocycles. The summed E-state index contributed by atoms with van der Waals surface area (Å²) in [5.74, 6) is -0.0737. The van der Waals surface area contributed by atoms with Crippen LogP contribution in [-0.2, 0) is 0 Å². The molecule has 22 heavy (non-hydrogen) atoms. The molecule has 0 radical (unpaired) electrons. The molecule has 1 saturated heterocycles. The van der Waals surface area contributed by atoms with E-state index in [1.54, 1.807) is 0 Å². The molecule has 1 aliphatic rings. The average Bonchev–Trinajstić information content (AvgIpc) is 2.58. The second kappa shape index (κ2) is 6.71. The fourth-order valence-electron chi connectivity index (χ4n) is 3.38. The van der Waals surface area contributed by atoms with Crippen molar-refractivity contribution in [2.45, 2.75) is 30.9 Å². The molecule has 1 fully saturated rings. The van der Waals surface area contributed by atoms with Gasteiger partial charge in [0, 0.05) is 12.5 Å². The van der Waals surface area contributed by atoms with E-state index in [1.165, 1.54) is 5.01 Å². The van der Waals surface area contributed by atoms with Crippen LogP contribution in [0.3, 0.4) is 0 Å². The number of hydrogen-bond acceptors (Lipinski definition) is 3. The van der Waals surface area contributed by atoms with Crippen LogP contribution >= 0.6 is 0 Å². The Bertz CT molecular complexity index is 563. The number of rotatable bonds is 4. The second-order valence-electron chi connectivity index (χ2n) is 5.74. The van der Waals surface area contributed by atoms with Gasteiger partial charge in [-0.3, -0.25) is 5.01 Å². The van der Waals surface area contributed by atoms with E-state index in [4.69, 9.17) is 0 Å². The van der Waals surface area contributed by atoms with Gasteiger partial charge in [-0.1, -0.05) is 60.7 Å². The van der Waals surface area contributed by atoms with E-state index in [0.717, 1.165) is 17.5 Å². The van der Waals surface area contributed by atoms with Gasteiger partial charge in [-0.15, -0.1) is 4.91 Å². The summed E-state index contributed by atoms with van der Waals surface area (Å²) in [5, 5.41) is 15.2. The van der Waals surface area contributed by atoms with Gasteiger partial charge in [0.05, 0.1) is 17.4 Å². The normalized spacial score (nSPS) is 21.8. The zero-order valence-corrected chi connectivity index (χ0v) is 12.4. The molecule has 0 amide bonds. The third kappa shape index (κ3) is 2.88. The van der Waals surface area contributed by atoms with Crippen LogP contribution in [0.5, 0.6) is 0 Å². The lowest BCUT2D eigenvalue weighted by atomic mass is 9.80. The highest BCUT2D eigenvalue weighted by atomic mass is 16.3. The van der Waals surface area contributed by atoms with Gasteiger partial charge < -0.3 is 5.11 Å². The van der Waals surface area contributed by atoms with E-state index in [9.17, 15) is 10.0 Å². The van der Waals surface area contributed by atoms with Crippen molar-refractivity contribution in [1.82, 2.24) is 5.01 Å². The predicted octanol–water partition coefficient (Wildman–Crippen LogP) is 3.33. The third-order valence-electron chi connectivity index (χ3n) is 4.39. The average molecular weight is 296 g/mol. The second-order valence-corrected chi connectivity index (χ2v) is 5.74. The first kappa shape index (κ1) is 14.7. The smallest absolute Gasteiger partial charge is 0.0870 e. The van der Waals surface area contributed by atoms with Gasteiger partial charge in [0.25, 0.3) is 0 Å². The Hall–Kier alpha value is -2.20. The summed E-state index contributed by atoms with van der Waals surface area (Å²) in [6.45, 7) is 0.599. The Morgan fingerprint density at radius 3 is 2.05 bits per heavy atom. The molecular weight excluding hydrogens is 276 g/mol. The Morgan fingerprint density at radius 1 is 1.00 bits per heavy atom. The van der Waals surface area contributed by atoms with Crippen LogP contribution in [-0.4, -0.2) is 28.8 Å². The Labute approximate surface area is 130 Å². The summed E-state index contributed by atoms with van der Waals surface area (Å²) >= 11 is 0. The first-order valence-corrected chi connectivity index (χ1v) is 7.69. The molecule has 114 valence electrons. The minimum Gasteiger partial charge on any atom is -0.391 e. The first-order chi connectivity index (χ1) is 10.8. The fraction of sp³-hybridized carbons (Fsp3) is 0.333. The molecule has 4 heteroatoms. The molecule has 1 N–H and O–H groups in total. The molecule has 0 bridgehead atoms. The largest absolute Gasteiger partial charge is 0.391 e. The highest BCUT2D eigenvalue weighted by molar-refractivity contribution is 5.35. The molecule has 2 aromatic rings. The van der Waals surface area contributed by atoms with Gasteiger partial charge in [-0.05, 0) is 24.0 Å². The van der Waals surface area contributed by atoms with E-state index in [-0.39, 0.29) is 12.0 Å². The van der Waals surface area contributed by atoms with Gasteiger partial charge in [-0.2, -0.15) is 0 Å². The maximum Gasteiger partial charge on any atom is 0.0870 e. The molecule has 0 aliphatic carbocycles. The number of piperidine rings is 1. The molecule has 4 nitrogen and oxygen atoms in total. The maximum absolute atomic E-state index is 11.2. The number of aliphatic hydroxyl groups excluding tert-OH is 1. The molecule has 2 atom stereocenters. The summed E-state index contributed by atoms with van der Waals surface area (Å²) in [4.78, 5) is 11.2. The summed E-state index contributed by atoms with van der Waals surface area (Å²) in [6, 6.07) is 19.7. The van der Waals surface area contributed by atoms with Gasteiger partial charge in [0.15, 0.2) is 0 Å². The van der Waals surface area contributed by atoms with Crippen LogP contribution < -0.4 is 0 Å². The zero-order chi connectivity index (χ0) is 15.4. The number of benzene rings is 2. The fourth-order valence-corrected chi connectivity index (χ4v) is 3.38. The van der Waals surface area contributed by atoms with E-state index >= 15 is 0 Å². The third-order valence-corrected chi connectivity index (χ3v) is 4.39. The Balaban J connectivity index is 2.06. The Morgan fingerprint density at radius 2 is 1.55 bits per heavy atom. The Kier molecular flexibility index (Phi) is 4.49. The zero-order valence-electron chi connectivity index (χ0n) is 12.4. The van der Waals surface area contributed by atoms with Crippen LogP contribution in [0.2, 0.25) is 0 Å². The van der Waals surface area contributed by atoms with Crippen LogP contribution in [0.15, 0.2) is 65.9 Å². The van der Waals surface area contributed by atoms with Crippen LogP contribution in [0.4, 0.5) is 0 Å². The highest BCUT2D eigenvalue weighted by Gasteiger charge is 2.38. The van der Waals surface area contributed by atoms with Crippen molar-refractivity contribution in [3.05, 3.63) is 76.7 Å². The molecule has 1 aliphatic heterocycles.